The number of hydrogen-bond donors (Lipinski definition) is 1. The molecule has 0 radical (unpaired) electrons. The highest BCUT2D eigenvalue weighted by atomic mass is 35.5. The van der Waals surface area contributed by atoms with Crippen molar-refractivity contribution in [2.45, 2.75) is 20.0 Å². The fraction of sp³-hybridized carbons (Fsp3) is 0.375. The van der Waals surface area contributed by atoms with Crippen LogP contribution in [0.3, 0.4) is 0 Å². The summed E-state index contributed by atoms with van der Waals surface area (Å²) in [5.41, 5.74) is 1.93. The van der Waals surface area contributed by atoms with E-state index in [2.05, 4.69) is 22.0 Å². The lowest BCUT2D eigenvalue weighted by molar-refractivity contribution is -0.122. The number of benzene rings is 2. The van der Waals surface area contributed by atoms with Gasteiger partial charge in [0.25, 0.3) is 0 Å². The summed E-state index contributed by atoms with van der Waals surface area (Å²) in [7, 11) is 0. The molecule has 7 nitrogen and oxygen atoms in total. The van der Waals surface area contributed by atoms with Gasteiger partial charge in [0.2, 0.25) is 10.7 Å². The van der Waals surface area contributed by atoms with E-state index in [0.29, 0.717) is 23.0 Å². The number of para-hydroxylation sites is 1. The van der Waals surface area contributed by atoms with Crippen LogP contribution < -0.4 is 5.32 Å². The highest BCUT2D eigenvalue weighted by molar-refractivity contribution is 7.71. The third-order valence-corrected chi connectivity index (χ3v) is 6.34. The fourth-order valence-electron chi connectivity index (χ4n) is 3.90. The normalized spacial score (nSPS) is 15.0. The third-order valence-electron chi connectivity index (χ3n) is 5.69. The van der Waals surface area contributed by atoms with Crippen molar-refractivity contribution in [1.82, 2.24) is 29.5 Å². The number of rotatable bonds is 8. The van der Waals surface area contributed by atoms with Gasteiger partial charge in [0.1, 0.15) is 0 Å². The van der Waals surface area contributed by atoms with Crippen LogP contribution >= 0.6 is 23.8 Å². The molecule has 3 aromatic rings. The van der Waals surface area contributed by atoms with Crippen LogP contribution in [0, 0.1) is 4.77 Å². The van der Waals surface area contributed by atoms with Crippen molar-refractivity contribution in [2.24, 2.45) is 0 Å². The Bertz CT molecular complexity index is 1120. The van der Waals surface area contributed by atoms with Gasteiger partial charge in [-0.05, 0) is 55.0 Å². The van der Waals surface area contributed by atoms with Gasteiger partial charge < -0.3 is 5.32 Å². The van der Waals surface area contributed by atoms with Crippen molar-refractivity contribution >= 4 is 29.7 Å². The first-order valence-corrected chi connectivity index (χ1v) is 12.1. The molecule has 0 saturated carbocycles. The number of carbonyl (C=O) groups is 1. The third kappa shape index (κ3) is 5.89. The van der Waals surface area contributed by atoms with Gasteiger partial charge in [-0.25, -0.2) is 4.68 Å². The highest BCUT2D eigenvalue weighted by Gasteiger charge is 2.21. The van der Waals surface area contributed by atoms with Crippen molar-refractivity contribution < 1.29 is 4.79 Å². The van der Waals surface area contributed by atoms with Crippen LogP contribution in [-0.4, -0.2) is 69.3 Å². The molecular formula is C24H29ClN6OS. The van der Waals surface area contributed by atoms with Crippen LogP contribution in [0.5, 0.6) is 0 Å². The lowest BCUT2D eigenvalue weighted by Gasteiger charge is -2.33. The summed E-state index contributed by atoms with van der Waals surface area (Å²) < 4.78 is 4.54. The van der Waals surface area contributed by atoms with Crippen molar-refractivity contribution in [2.75, 3.05) is 39.3 Å². The molecular weight excluding hydrogens is 456 g/mol. The zero-order valence-electron chi connectivity index (χ0n) is 18.8. The Balaban J connectivity index is 1.50. The predicted octanol–water partition coefficient (Wildman–Crippen LogP) is 3.82. The molecule has 2 aromatic carbocycles. The average molecular weight is 485 g/mol. The monoisotopic (exact) mass is 484 g/mol. The van der Waals surface area contributed by atoms with E-state index in [1.165, 1.54) is 0 Å². The van der Waals surface area contributed by atoms with Crippen LogP contribution in [0.1, 0.15) is 13.3 Å². The maximum absolute atomic E-state index is 12.0. The van der Waals surface area contributed by atoms with Gasteiger partial charge in [0.05, 0.1) is 13.2 Å². The van der Waals surface area contributed by atoms with E-state index in [9.17, 15) is 4.79 Å². The number of aromatic nitrogens is 3. The zero-order valence-corrected chi connectivity index (χ0v) is 20.4. The Labute approximate surface area is 204 Å². The number of piperazine rings is 1. The standard InChI is InChI=1S/C24H29ClN6OS/c1-2-12-26-22(32)17-28-13-15-29(16-14-28)18-30-24(33)31(21-6-4-3-5-7-21)23(27-30)19-8-10-20(25)11-9-19/h3-11H,2,12-18H2,1H3,(H,26,32). The first kappa shape index (κ1) is 23.6. The molecule has 1 fully saturated rings. The largest absolute Gasteiger partial charge is 0.355 e. The minimum atomic E-state index is 0.0988. The van der Waals surface area contributed by atoms with Gasteiger partial charge in [0, 0.05) is 49.0 Å². The Morgan fingerprint density at radius 2 is 1.70 bits per heavy atom. The number of hydrogen-bond acceptors (Lipinski definition) is 5. The molecule has 0 bridgehead atoms. The Morgan fingerprint density at radius 3 is 2.36 bits per heavy atom. The minimum Gasteiger partial charge on any atom is -0.355 e. The van der Waals surface area contributed by atoms with E-state index in [1.54, 1.807) is 0 Å². The second-order valence-electron chi connectivity index (χ2n) is 8.17. The smallest absolute Gasteiger partial charge is 0.234 e. The number of amides is 1. The lowest BCUT2D eigenvalue weighted by atomic mass is 10.2. The first-order chi connectivity index (χ1) is 16.0. The van der Waals surface area contributed by atoms with E-state index in [4.69, 9.17) is 28.9 Å². The van der Waals surface area contributed by atoms with E-state index in [1.807, 2.05) is 63.8 Å². The molecule has 0 atom stereocenters. The summed E-state index contributed by atoms with van der Waals surface area (Å²) in [5, 5.41) is 8.53. The SMILES string of the molecule is CCCNC(=O)CN1CCN(Cn2nc(-c3ccc(Cl)cc3)n(-c3ccccc3)c2=S)CC1. The molecule has 0 aliphatic carbocycles. The first-order valence-electron chi connectivity index (χ1n) is 11.3. The van der Waals surface area contributed by atoms with Gasteiger partial charge in [-0.15, -0.1) is 5.10 Å². The molecule has 1 aromatic heterocycles. The van der Waals surface area contributed by atoms with Gasteiger partial charge >= 0.3 is 0 Å². The van der Waals surface area contributed by atoms with Gasteiger partial charge in [-0.1, -0.05) is 36.7 Å². The summed E-state index contributed by atoms with van der Waals surface area (Å²) in [5.74, 6) is 0.885. The quantitative estimate of drug-likeness (QED) is 0.492. The van der Waals surface area contributed by atoms with Crippen molar-refractivity contribution in [1.29, 1.82) is 0 Å². The average Bonchev–Trinajstić information content (AvgIpc) is 3.15. The number of halogens is 1. The van der Waals surface area contributed by atoms with Crippen LogP contribution in [0.4, 0.5) is 0 Å². The van der Waals surface area contributed by atoms with E-state index in [0.717, 1.165) is 56.2 Å². The van der Waals surface area contributed by atoms with Crippen molar-refractivity contribution in [3.05, 3.63) is 64.4 Å². The number of nitrogens with zero attached hydrogens (tertiary/aromatic N) is 5. The molecule has 0 unspecified atom stereocenters. The number of nitrogens with one attached hydrogen (secondary N) is 1. The maximum Gasteiger partial charge on any atom is 0.234 e. The molecule has 1 amide bonds. The molecule has 33 heavy (non-hydrogen) atoms. The van der Waals surface area contributed by atoms with Crippen LogP contribution in [0.15, 0.2) is 54.6 Å². The molecule has 174 valence electrons. The van der Waals surface area contributed by atoms with Gasteiger partial charge in [0.15, 0.2) is 5.82 Å². The Hall–Kier alpha value is -2.52. The van der Waals surface area contributed by atoms with Crippen molar-refractivity contribution in [3.63, 3.8) is 0 Å². The minimum absolute atomic E-state index is 0.0988. The van der Waals surface area contributed by atoms with Gasteiger partial charge in [-0.2, -0.15) is 0 Å². The number of carbonyl (C=O) groups excluding carboxylic acids is 1. The van der Waals surface area contributed by atoms with E-state index < -0.39 is 0 Å². The van der Waals surface area contributed by atoms with Crippen LogP contribution in [0.2, 0.25) is 5.02 Å². The maximum atomic E-state index is 12.0. The summed E-state index contributed by atoms with van der Waals surface area (Å²) in [6.07, 6.45) is 0.952. The molecule has 1 aliphatic rings. The van der Waals surface area contributed by atoms with E-state index in [-0.39, 0.29) is 5.91 Å². The van der Waals surface area contributed by atoms with Gasteiger partial charge in [-0.3, -0.25) is 19.2 Å². The molecule has 1 saturated heterocycles. The van der Waals surface area contributed by atoms with Crippen LogP contribution in [-0.2, 0) is 11.5 Å². The summed E-state index contributed by atoms with van der Waals surface area (Å²) in [4.78, 5) is 16.5. The van der Waals surface area contributed by atoms with Crippen LogP contribution in [0.25, 0.3) is 17.1 Å². The molecule has 2 heterocycles. The second kappa shape index (κ2) is 11.1. The summed E-state index contributed by atoms with van der Waals surface area (Å²) in [6.45, 7) is 7.26. The highest BCUT2D eigenvalue weighted by Crippen LogP contribution is 2.24. The molecule has 0 spiro atoms. The lowest BCUT2D eigenvalue weighted by Crippen LogP contribution is -2.49. The molecule has 1 N–H and O–H groups in total. The summed E-state index contributed by atoms with van der Waals surface area (Å²) in [6, 6.07) is 17.7. The zero-order chi connectivity index (χ0) is 23.2. The Kier molecular flexibility index (Phi) is 7.93. The molecule has 1 aliphatic heterocycles. The predicted molar refractivity (Wildman–Crippen MR) is 134 cm³/mol. The fourth-order valence-corrected chi connectivity index (χ4v) is 4.31. The molecule has 9 heteroatoms. The molecule has 4 rings (SSSR count). The van der Waals surface area contributed by atoms with E-state index >= 15 is 0 Å². The summed E-state index contributed by atoms with van der Waals surface area (Å²) >= 11 is 12.0. The second-order valence-corrected chi connectivity index (χ2v) is 8.97. The Morgan fingerprint density at radius 1 is 1.03 bits per heavy atom. The van der Waals surface area contributed by atoms with Crippen molar-refractivity contribution in [3.8, 4) is 17.1 Å². The topological polar surface area (TPSA) is 58.3 Å².